The van der Waals surface area contributed by atoms with Crippen molar-refractivity contribution < 1.29 is 14.1 Å². The molecule has 0 bridgehead atoms. The molecule has 1 rings (SSSR count). The van der Waals surface area contributed by atoms with E-state index in [2.05, 4.69) is 0 Å². The maximum atomic E-state index is 11.1. The molecule has 1 aromatic rings. The molecule has 76 valence electrons. The lowest BCUT2D eigenvalue weighted by molar-refractivity contribution is -0.671. The molecular formula is C10H15N2O2+. The second-order valence-corrected chi connectivity index (χ2v) is 3.32. The highest BCUT2D eigenvalue weighted by Crippen LogP contribution is 1.99. The third-order valence-corrected chi connectivity index (χ3v) is 1.77. The van der Waals surface area contributed by atoms with Crippen LogP contribution in [-0.4, -0.2) is 25.1 Å². The second kappa shape index (κ2) is 4.60. The van der Waals surface area contributed by atoms with E-state index in [1.54, 1.807) is 14.1 Å². The first-order valence-corrected chi connectivity index (χ1v) is 4.38. The molecule has 0 saturated heterocycles. The fraction of sp³-hybridized carbons (Fsp3) is 0.400. The molecule has 0 aliphatic rings. The molecule has 0 aromatic carbocycles. The van der Waals surface area contributed by atoms with Crippen molar-refractivity contribution in [2.45, 2.75) is 6.61 Å². The third-order valence-electron chi connectivity index (χ3n) is 1.77. The number of hydrogen-bond acceptors (Lipinski definition) is 2. The first-order valence-electron chi connectivity index (χ1n) is 4.38. The molecule has 14 heavy (non-hydrogen) atoms. The van der Waals surface area contributed by atoms with E-state index in [4.69, 9.17) is 4.74 Å². The van der Waals surface area contributed by atoms with Crippen LogP contribution in [0.2, 0.25) is 0 Å². The zero-order valence-electron chi connectivity index (χ0n) is 8.73. The highest BCUT2D eigenvalue weighted by Gasteiger charge is 2.04. The van der Waals surface area contributed by atoms with Gasteiger partial charge in [0.05, 0.1) is 0 Å². The maximum Gasteiger partial charge on any atom is 0.409 e. The van der Waals surface area contributed by atoms with Crippen LogP contribution in [0.15, 0.2) is 24.5 Å². The van der Waals surface area contributed by atoms with Gasteiger partial charge in [0, 0.05) is 31.8 Å². The van der Waals surface area contributed by atoms with Crippen LogP contribution < -0.4 is 4.57 Å². The summed E-state index contributed by atoms with van der Waals surface area (Å²) in [5.41, 5.74) is 0.985. The highest BCUT2D eigenvalue weighted by atomic mass is 16.6. The summed E-state index contributed by atoms with van der Waals surface area (Å²) in [5.74, 6) is 0. The summed E-state index contributed by atoms with van der Waals surface area (Å²) >= 11 is 0. The van der Waals surface area contributed by atoms with Gasteiger partial charge in [-0.25, -0.2) is 9.36 Å². The average Bonchev–Trinajstić information content (AvgIpc) is 2.16. The molecule has 0 radical (unpaired) electrons. The minimum absolute atomic E-state index is 0.317. The quantitative estimate of drug-likeness (QED) is 0.651. The largest absolute Gasteiger partial charge is 0.445 e. The van der Waals surface area contributed by atoms with Gasteiger partial charge in [0.15, 0.2) is 12.4 Å². The predicted molar refractivity (Wildman–Crippen MR) is 51.5 cm³/mol. The lowest BCUT2D eigenvalue weighted by Crippen LogP contribution is -2.26. The van der Waals surface area contributed by atoms with E-state index >= 15 is 0 Å². The Hall–Kier alpha value is -1.58. The van der Waals surface area contributed by atoms with Gasteiger partial charge < -0.3 is 9.64 Å². The molecule has 0 spiro atoms. The van der Waals surface area contributed by atoms with Crippen LogP contribution in [0.5, 0.6) is 0 Å². The Morgan fingerprint density at radius 3 is 2.50 bits per heavy atom. The SMILES string of the molecule is CN(C)C(=O)OCc1cc[n+](C)cc1. The summed E-state index contributed by atoms with van der Waals surface area (Å²) in [7, 11) is 5.26. The molecule has 1 heterocycles. The molecule has 4 heteroatoms. The number of aryl methyl sites for hydroxylation is 1. The van der Waals surface area contributed by atoms with Crippen molar-refractivity contribution in [3.8, 4) is 0 Å². The Morgan fingerprint density at radius 1 is 1.43 bits per heavy atom. The van der Waals surface area contributed by atoms with Crippen molar-refractivity contribution in [2.24, 2.45) is 7.05 Å². The molecule has 0 atom stereocenters. The van der Waals surface area contributed by atoms with Gasteiger partial charge in [-0.15, -0.1) is 0 Å². The standard InChI is InChI=1S/C10H15N2O2/c1-11(2)10(13)14-8-9-4-6-12(3)7-5-9/h4-7H,8H2,1-3H3/q+1. The van der Waals surface area contributed by atoms with Gasteiger partial charge in [0.1, 0.15) is 13.7 Å². The smallest absolute Gasteiger partial charge is 0.409 e. The number of carbonyl (C=O) groups is 1. The summed E-state index contributed by atoms with van der Waals surface area (Å²) in [6, 6.07) is 3.84. The molecule has 0 N–H and O–H groups in total. The Bertz CT molecular complexity index is 306. The highest BCUT2D eigenvalue weighted by molar-refractivity contribution is 5.66. The van der Waals surface area contributed by atoms with Crippen molar-refractivity contribution in [2.75, 3.05) is 14.1 Å². The van der Waals surface area contributed by atoms with Crippen LogP contribution in [0.25, 0.3) is 0 Å². The molecule has 1 amide bonds. The summed E-state index contributed by atoms with van der Waals surface area (Å²) in [5, 5.41) is 0. The van der Waals surface area contributed by atoms with Crippen LogP contribution in [0, 0.1) is 0 Å². The lowest BCUT2D eigenvalue weighted by Gasteiger charge is -2.10. The van der Waals surface area contributed by atoms with E-state index in [9.17, 15) is 4.79 Å². The monoisotopic (exact) mass is 195 g/mol. The molecule has 1 aromatic heterocycles. The molecule has 0 aliphatic carbocycles. The van der Waals surface area contributed by atoms with Crippen molar-refractivity contribution in [3.63, 3.8) is 0 Å². The summed E-state index contributed by atoms with van der Waals surface area (Å²) in [6.45, 7) is 0.317. The van der Waals surface area contributed by atoms with E-state index in [0.717, 1.165) is 5.56 Å². The van der Waals surface area contributed by atoms with E-state index in [0.29, 0.717) is 6.61 Å². The number of amides is 1. The number of nitrogens with zero attached hydrogens (tertiary/aromatic N) is 2. The fourth-order valence-corrected chi connectivity index (χ4v) is 0.902. The zero-order chi connectivity index (χ0) is 10.6. The number of carbonyl (C=O) groups excluding carboxylic acids is 1. The molecule has 4 nitrogen and oxygen atoms in total. The second-order valence-electron chi connectivity index (χ2n) is 3.32. The Kier molecular flexibility index (Phi) is 3.45. The van der Waals surface area contributed by atoms with Crippen LogP contribution in [0.1, 0.15) is 5.56 Å². The van der Waals surface area contributed by atoms with Gasteiger partial charge in [-0.1, -0.05) is 0 Å². The zero-order valence-corrected chi connectivity index (χ0v) is 8.73. The van der Waals surface area contributed by atoms with Crippen molar-refractivity contribution >= 4 is 6.09 Å². The maximum absolute atomic E-state index is 11.1. The molecule has 0 unspecified atom stereocenters. The van der Waals surface area contributed by atoms with Gasteiger partial charge >= 0.3 is 6.09 Å². The third kappa shape index (κ3) is 3.05. The summed E-state index contributed by atoms with van der Waals surface area (Å²) in [6.07, 6.45) is 3.51. The fourth-order valence-electron chi connectivity index (χ4n) is 0.902. The first kappa shape index (κ1) is 10.5. The van der Waals surface area contributed by atoms with Gasteiger partial charge in [-0.2, -0.15) is 0 Å². The summed E-state index contributed by atoms with van der Waals surface area (Å²) < 4.78 is 6.93. The van der Waals surface area contributed by atoms with Gasteiger partial charge in [-0.05, 0) is 0 Å². The minimum Gasteiger partial charge on any atom is -0.445 e. The molecule has 0 aliphatic heterocycles. The van der Waals surface area contributed by atoms with Gasteiger partial charge in [-0.3, -0.25) is 0 Å². The van der Waals surface area contributed by atoms with Crippen LogP contribution in [-0.2, 0) is 18.4 Å². The van der Waals surface area contributed by atoms with Gasteiger partial charge in [0.25, 0.3) is 0 Å². The topological polar surface area (TPSA) is 33.4 Å². The number of ether oxygens (including phenoxy) is 1. The number of pyridine rings is 1. The number of hydrogen-bond donors (Lipinski definition) is 0. The van der Waals surface area contributed by atoms with Gasteiger partial charge in [0.2, 0.25) is 0 Å². The summed E-state index contributed by atoms with van der Waals surface area (Å²) in [4.78, 5) is 12.5. The van der Waals surface area contributed by atoms with Crippen LogP contribution in [0.3, 0.4) is 0 Å². The normalized spacial score (nSPS) is 9.64. The van der Waals surface area contributed by atoms with E-state index in [1.165, 1.54) is 4.90 Å². The van der Waals surface area contributed by atoms with Crippen molar-refractivity contribution in [1.29, 1.82) is 0 Å². The van der Waals surface area contributed by atoms with Crippen LogP contribution in [0.4, 0.5) is 4.79 Å². The number of aromatic nitrogens is 1. The average molecular weight is 195 g/mol. The lowest BCUT2D eigenvalue weighted by atomic mass is 10.3. The Morgan fingerprint density at radius 2 is 2.00 bits per heavy atom. The van der Waals surface area contributed by atoms with E-state index in [1.807, 2.05) is 36.1 Å². The van der Waals surface area contributed by atoms with E-state index in [-0.39, 0.29) is 6.09 Å². The molecule has 0 fully saturated rings. The first-order chi connectivity index (χ1) is 6.59. The van der Waals surface area contributed by atoms with Crippen molar-refractivity contribution in [1.82, 2.24) is 4.90 Å². The van der Waals surface area contributed by atoms with E-state index < -0.39 is 0 Å². The Labute approximate surface area is 83.7 Å². The molecule has 0 saturated carbocycles. The predicted octanol–water partition coefficient (Wildman–Crippen LogP) is 0.709. The minimum atomic E-state index is -0.321. The van der Waals surface area contributed by atoms with Crippen molar-refractivity contribution in [3.05, 3.63) is 30.1 Å². The number of rotatable bonds is 2. The van der Waals surface area contributed by atoms with Crippen LogP contribution >= 0.6 is 0 Å². The molecular weight excluding hydrogens is 180 g/mol. The Balaban J connectivity index is 2.46.